The molecule has 178 valence electrons. The SMILES string of the molecule is COc1cc(F)c(F)cc1-c1ccncc1N(CC(N)=O)C(=O)c1cc(C)nc(C(F)(F)F)c1. The van der Waals surface area contributed by atoms with E-state index >= 15 is 0 Å². The molecule has 2 N–H and O–H groups in total. The Morgan fingerprint density at radius 1 is 1.09 bits per heavy atom. The third kappa shape index (κ3) is 5.11. The summed E-state index contributed by atoms with van der Waals surface area (Å²) in [6.07, 6.45) is -2.41. The average Bonchev–Trinajstić information content (AvgIpc) is 2.77. The topological polar surface area (TPSA) is 98.4 Å². The largest absolute Gasteiger partial charge is 0.496 e. The molecule has 0 bridgehead atoms. The number of methoxy groups -OCH3 is 1. The van der Waals surface area contributed by atoms with Gasteiger partial charge in [-0.05, 0) is 31.2 Å². The molecule has 0 spiro atoms. The fraction of sp³-hybridized carbons (Fsp3) is 0.182. The van der Waals surface area contributed by atoms with Crippen molar-refractivity contribution in [2.75, 3.05) is 18.6 Å². The van der Waals surface area contributed by atoms with E-state index in [-0.39, 0.29) is 28.3 Å². The average molecular weight is 480 g/mol. The molecule has 0 radical (unpaired) electrons. The molecule has 0 unspecified atom stereocenters. The van der Waals surface area contributed by atoms with Crippen LogP contribution in [0, 0.1) is 18.6 Å². The Bertz CT molecular complexity index is 1260. The number of aryl methyl sites for hydroxylation is 1. The number of ether oxygens (including phenoxy) is 1. The third-order valence-electron chi connectivity index (χ3n) is 4.67. The molecule has 12 heteroatoms. The molecule has 0 atom stereocenters. The summed E-state index contributed by atoms with van der Waals surface area (Å²) in [7, 11) is 1.21. The van der Waals surface area contributed by atoms with Crippen LogP contribution in [0.25, 0.3) is 11.1 Å². The highest BCUT2D eigenvalue weighted by atomic mass is 19.4. The number of pyridine rings is 2. The molecule has 2 heterocycles. The molecule has 3 aromatic rings. The van der Waals surface area contributed by atoms with Gasteiger partial charge in [-0.2, -0.15) is 13.2 Å². The van der Waals surface area contributed by atoms with E-state index in [1.807, 2.05) is 0 Å². The van der Waals surface area contributed by atoms with Gasteiger partial charge in [0.2, 0.25) is 5.91 Å². The number of carbonyl (C=O) groups is 2. The highest BCUT2D eigenvalue weighted by Gasteiger charge is 2.34. The molecule has 2 amide bonds. The first-order valence-corrected chi connectivity index (χ1v) is 9.55. The Hall–Kier alpha value is -4.09. The van der Waals surface area contributed by atoms with E-state index in [1.165, 1.54) is 26.3 Å². The first-order chi connectivity index (χ1) is 15.9. The summed E-state index contributed by atoms with van der Waals surface area (Å²) >= 11 is 0. The molecule has 2 aromatic heterocycles. The molecule has 0 aliphatic rings. The summed E-state index contributed by atoms with van der Waals surface area (Å²) in [5.74, 6) is -4.51. The first-order valence-electron chi connectivity index (χ1n) is 9.55. The van der Waals surface area contributed by atoms with Crippen LogP contribution in [0.4, 0.5) is 27.6 Å². The smallest absolute Gasteiger partial charge is 0.433 e. The Labute approximate surface area is 190 Å². The van der Waals surface area contributed by atoms with Crippen LogP contribution < -0.4 is 15.4 Å². The second-order valence-corrected chi connectivity index (χ2v) is 7.10. The number of amides is 2. The summed E-state index contributed by atoms with van der Waals surface area (Å²) < 4.78 is 72.6. The molecule has 0 aliphatic heterocycles. The van der Waals surface area contributed by atoms with Crippen molar-refractivity contribution >= 4 is 17.5 Å². The highest BCUT2D eigenvalue weighted by Crippen LogP contribution is 2.38. The number of alkyl halides is 3. The van der Waals surface area contributed by atoms with Gasteiger partial charge in [-0.1, -0.05) is 0 Å². The van der Waals surface area contributed by atoms with Crippen molar-refractivity contribution in [3.8, 4) is 16.9 Å². The molecule has 0 saturated heterocycles. The van der Waals surface area contributed by atoms with Crippen LogP contribution in [-0.2, 0) is 11.0 Å². The summed E-state index contributed by atoms with van der Waals surface area (Å²) in [6, 6.07) is 4.59. The Morgan fingerprint density at radius 3 is 2.38 bits per heavy atom. The number of nitrogens with two attached hydrogens (primary N) is 1. The lowest BCUT2D eigenvalue weighted by Gasteiger charge is -2.25. The number of anilines is 1. The van der Waals surface area contributed by atoms with E-state index in [0.29, 0.717) is 6.07 Å². The van der Waals surface area contributed by atoms with Crippen molar-refractivity contribution < 1.29 is 36.3 Å². The quantitative estimate of drug-likeness (QED) is 0.540. The standard InChI is InChI=1S/C22H17F5N4O3/c1-11-5-12(6-19(30-11)22(25,26)27)21(33)31(10-20(28)32)17-9-29-4-3-13(17)14-7-15(23)16(24)8-18(14)34-2/h3-9H,10H2,1-2H3,(H2,28,32). The van der Waals surface area contributed by atoms with Crippen molar-refractivity contribution in [2.45, 2.75) is 13.1 Å². The van der Waals surface area contributed by atoms with Gasteiger partial charge in [-0.25, -0.2) is 13.8 Å². The van der Waals surface area contributed by atoms with Crippen molar-refractivity contribution in [3.05, 3.63) is 71.3 Å². The van der Waals surface area contributed by atoms with E-state index in [9.17, 15) is 31.5 Å². The number of benzene rings is 1. The minimum atomic E-state index is -4.83. The van der Waals surface area contributed by atoms with Crippen LogP contribution in [0.2, 0.25) is 0 Å². The van der Waals surface area contributed by atoms with Crippen molar-refractivity contribution in [2.24, 2.45) is 5.73 Å². The Morgan fingerprint density at radius 2 is 1.76 bits per heavy atom. The van der Waals surface area contributed by atoms with Crippen LogP contribution in [0.1, 0.15) is 21.7 Å². The van der Waals surface area contributed by atoms with Gasteiger partial charge in [0.15, 0.2) is 11.6 Å². The Balaban J connectivity index is 2.21. The second-order valence-electron chi connectivity index (χ2n) is 7.10. The Kier molecular flexibility index (Phi) is 6.80. The van der Waals surface area contributed by atoms with Crippen LogP contribution in [0.5, 0.6) is 5.75 Å². The highest BCUT2D eigenvalue weighted by molar-refractivity contribution is 6.10. The van der Waals surface area contributed by atoms with Crippen LogP contribution in [-0.4, -0.2) is 35.4 Å². The fourth-order valence-electron chi connectivity index (χ4n) is 3.25. The number of nitrogens with zero attached hydrogens (tertiary/aromatic N) is 3. The van der Waals surface area contributed by atoms with Gasteiger partial charge in [0.25, 0.3) is 5.91 Å². The lowest BCUT2D eigenvalue weighted by Crippen LogP contribution is -2.39. The maximum atomic E-state index is 14.0. The zero-order valence-electron chi connectivity index (χ0n) is 17.8. The molecule has 0 aliphatic carbocycles. The minimum Gasteiger partial charge on any atom is -0.496 e. The van der Waals surface area contributed by atoms with Crippen LogP contribution in [0.15, 0.2) is 42.7 Å². The first kappa shape index (κ1) is 24.6. The summed E-state index contributed by atoms with van der Waals surface area (Å²) in [6.45, 7) is 0.526. The number of hydrogen-bond acceptors (Lipinski definition) is 5. The van der Waals surface area contributed by atoms with Crippen molar-refractivity contribution in [3.63, 3.8) is 0 Å². The number of halogens is 5. The van der Waals surface area contributed by atoms with E-state index in [2.05, 4.69) is 9.97 Å². The van der Waals surface area contributed by atoms with Gasteiger partial charge in [-0.3, -0.25) is 19.5 Å². The number of rotatable bonds is 6. The molecule has 34 heavy (non-hydrogen) atoms. The van der Waals surface area contributed by atoms with E-state index in [0.717, 1.165) is 29.3 Å². The summed E-state index contributed by atoms with van der Waals surface area (Å²) in [4.78, 5) is 33.1. The van der Waals surface area contributed by atoms with Crippen LogP contribution >= 0.6 is 0 Å². The van der Waals surface area contributed by atoms with Gasteiger partial charge in [0.05, 0.1) is 19.0 Å². The van der Waals surface area contributed by atoms with Gasteiger partial charge >= 0.3 is 6.18 Å². The second kappa shape index (κ2) is 9.41. The van der Waals surface area contributed by atoms with E-state index in [1.54, 1.807) is 0 Å². The molecular formula is C22H17F5N4O3. The van der Waals surface area contributed by atoms with Gasteiger partial charge in [-0.15, -0.1) is 0 Å². The van der Waals surface area contributed by atoms with Gasteiger partial charge in [0, 0.05) is 34.6 Å². The fourth-order valence-corrected chi connectivity index (χ4v) is 3.25. The maximum Gasteiger partial charge on any atom is 0.433 e. The lowest BCUT2D eigenvalue weighted by molar-refractivity contribution is -0.141. The molecule has 0 saturated carbocycles. The van der Waals surface area contributed by atoms with Crippen molar-refractivity contribution in [1.82, 2.24) is 9.97 Å². The molecular weight excluding hydrogens is 463 g/mol. The van der Waals surface area contributed by atoms with E-state index in [4.69, 9.17) is 10.5 Å². The predicted octanol–water partition coefficient (Wildman–Crippen LogP) is 3.89. The third-order valence-corrected chi connectivity index (χ3v) is 4.67. The number of primary amides is 1. The normalized spacial score (nSPS) is 11.3. The summed E-state index contributed by atoms with van der Waals surface area (Å²) in [5.41, 5.74) is 3.46. The molecule has 7 nitrogen and oxygen atoms in total. The van der Waals surface area contributed by atoms with E-state index < -0.39 is 47.4 Å². The zero-order chi connectivity index (χ0) is 25.2. The summed E-state index contributed by atoms with van der Waals surface area (Å²) in [5, 5.41) is 0. The molecule has 1 aromatic carbocycles. The predicted molar refractivity (Wildman–Crippen MR) is 111 cm³/mol. The zero-order valence-corrected chi connectivity index (χ0v) is 17.8. The minimum absolute atomic E-state index is 0.00274. The van der Waals surface area contributed by atoms with Crippen molar-refractivity contribution in [1.29, 1.82) is 0 Å². The number of hydrogen-bond donors (Lipinski definition) is 1. The van der Waals surface area contributed by atoms with Gasteiger partial charge < -0.3 is 10.5 Å². The maximum absolute atomic E-state index is 14.0. The van der Waals surface area contributed by atoms with Gasteiger partial charge in [0.1, 0.15) is 18.0 Å². The number of carbonyl (C=O) groups excluding carboxylic acids is 2. The molecule has 3 rings (SSSR count). The lowest BCUT2D eigenvalue weighted by atomic mass is 10.0. The monoisotopic (exact) mass is 480 g/mol. The molecule has 0 fully saturated rings. The van der Waals surface area contributed by atoms with Crippen LogP contribution in [0.3, 0.4) is 0 Å². The number of aromatic nitrogens is 2.